The standard InChI is InChI=1S/C11H16BNO5/c1-11(2,3)17-10(14)13-8-4-6-9(7-5-8)18-12(15)16/h4-7,15-16H,1-3H3,(H,13,14). The fourth-order valence-corrected chi connectivity index (χ4v) is 1.16. The van der Waals surface area contributed by atoms with Crippen LogP contribution in [0.3, 0.4) is 0 Å². The van der Waals surface area contributed by atoms with Crippen molar-refractivity contribution in [3.05, 3.63) is 24.3 Å². The molecule has 7 heteroatoms. The number of hydrogen-bond acceptors (Lipinski definition) is 5. The maximum absolute atomic E-state index is 11.4. The summed E-state index contributed by atoms with van der Waals surface area (Å²) in [6.07, 6.45) is -0.557. The van der Waals surface area contributed by atoms with Crippen molar-refractivity contribution in [2.75, 3.05) is 5.32 Å². The minimum absolute atomic E-state index is 0.278. The first-order valence-electron chi connectivity index (χ1n) is 5.39. The molecule has 0 aliphatic rings. The Morgan fingerprint density at radius 3 is 2.22 bits per heavy atom. The van der Waals surface area contributed by atoms with Crippen LogP contribution < -0.4 is 9.97 Å². The van der Waals surface area contributed by atoms with Gasteiger partial charge in [0.25, 0.3) is 0 Å². The summed E-state index contributed by atoms with van der Waals surface area (Å²) in [5, 5.41) is 19.7. The summed E-state index contributed by atoms with van der Waals surface area (Å²) in [4.78, 5) is 11.4. The zero-order valence-corrected chi connectivity index (χ0v) is 10.5. The van der Waals surface area contributed by atoms with Crippen LogP contribution in [0, 0.1) is 0 Å². The first-order valence-corrected chi connectivity index (χ1v) is 5.39. The molecule has 0 aliphatic carbocycles. The van der Waals surface area contributed by atoms with Crippen LogP contribution in [0.2, 0.25) is 0 Å². The van der Waals surface area contributed by atoms with E-state index in [4.69, 9.17) is 14.8 Å². The van der Waals surface area contributed by atoms with Gasteiger partial charge in [-0.3, -0.25) is 5.32 Å². The summed E-state index contributed by atoms with van der Waals surface area (Å²) >= 11 is 0. The van der Waals surface area contributed by atoms with E-state index in [1.165, 1.54) is 12.1 Å². The number of nitrogens with one attached hydrogen (secondary N) is 1. The first-order chi connectivity index (χ1) is 8.26. The van der Waals surface area contributed by atoms with Gasteiger partial charge >= 0.3 is 13.4 Å². The zero-order chi connectivity index (χ0) is 13.8. The molecule has 0 spiro atoms. The third-order valence-electron chi connectivity index (χ3n) is 1.74. The Hall–Kier alpha value is -1.73. The number of ether oxygens (including phenoxy) is 1. The molecule has 1 amide bonds. The van der Waals surface area contributed by atoms with Gasteiger partial charge in [-0.15, -0.1) is 0 Å². The smallest absolute Gasteiger partial charge is 0.512 e. The second-order valence-corrected chi connectivity index (χ2v) is 4.60. The minimum atomic E-state index is -1.87. The predicted molar refractivity (Wildman–Crippen MR) is 67.1 cm³/mol. The number of carbonyl (C=O) groups excluding carboxylic acids is 1. The molecule has 0 saturated carbocycles. The first kappa shape index (κ1) is 14.3. The SMILES string of the molecule is CC(C)(C)OC(=O)Nc1ccc(OB(O)O)cc1. The lowest BCUT2D eigenvalue weighted by Gasteiger charge is -2.19. The molecular weight excluding hydrogens is 237 g/mol. The Bertz CT molecular complexity index is 399. The monoisotopic (exact) mass is 253 g/mol. The van der Waals surface area contributed by atoms with Gasteiger partial charge in [-0.1, -0.05) is 0 Å². The molecule has 0 heterocycles. The van der Waals surface area contributed by atoms with E-state index >= 15 is 0 Å². The van der Waals surface area contributed by atoms with Gasteiger partial charge in [0, 0.05) is 5.69 Å². The van der Waals surface area contributed by atoms with Gasteiger partial charge < -0.3 is 19.4 Å². The van der Waals surface area contributed by atoms with Crippen molar-refractivity contribution in [3.8, 4) is 5.75 Å². The molecule has 0 fully saturated rings. The molecule has 0 atom stereocenters. The fourth-order valence-electron chi connectivity index (χ4n) is 1.16. The van der Waals surface area contributed by atoms with Crippen molar-refractivity contribution >= 4 is 19.1 Å². The molecule has 6 nitrogen and oxygen atoms in total. The van der Waals surface area contributed by atoms with Gasteiger partial charge in [0.15, 0.2) is 0 Å². The highest BCUT2D eigenvalue weighted by atomic mass is 16.6. The molecule has 1 aromatic rings. The van der Waals surface area contributed by atoms with Crippen LogP contribution >= 0.6 is 0 Å². The second-order valence-electron chi connectivity index (χ2n) is 4.60. The van der Waals surface area contributed by atoms with Gasteiger partial charge in [-0.25, -0.2) is 4.79 Å². The summed E-state index contributed by atoms with van der Waals surface area (Å²) in [5.74, 6) is 0.278. The van der Waals surface area contributed by atoms with Gasteiger partial charge in [-0.2, -0.15) is 0 Å². The van der Waals surface area contributed by atoms with Crippen LogP contribution in [0.25, 0.3) is 0 Å². The van der Waals surface area contributed by atoms with Gasteiger partial charge in [0.05, 0.1) is 0 Å². The molecule has 0 bridgehead atoms. The van der Waals surface area contributed by atoms with Crippen LogP contribution in [0.4, 0.5) is 10.5 Å². The highest BCUT2D eigenvalue weighted by Crippen LogP contribution is 2.17. The van der Waals surface area contributed by atoms with E-state index in [0.29, 0.717) is 5.69 Å². The van der Waals surface area contributed by atoms with E-state index in [9.17, 15) is 4.79 Å². The van der Waals surface area contributed by atoms with Crippen LogP contribution in [-0.4, -0.2) is 29.1 Å². The zero-order valence-electron chi connectivity index (χ0n) is 10.5. The Balaban J connectivity index is 2.56. The highest BCUT2D eigenvalue weighted by Gasteiger charge is 2.16. The summed E-state index contributed by atoms with van der Waals surface area (Å²) in [6, 6.07) is 6.10. The summed E-state index contributed by atoms with van der Waals surface area (Å²) in [6.45, 7) is 5.31. The average Bonchev–Trinajstić information content (AvgIpc) is 2.17. The quantitative estimate of drug-likeness (QED) is 0.708. The van der Waals surface area contributed by atoms with Crippen molar-refractivity contribution in [1.29, 1.82) is 0 Å². The number of amides is 1. The maximum atomic E-state index is 11.4. The molecule has 3 N–H and O–H groups in total. The molecule has 0 aliphatic heterocycles. The number of rotatable bonds is 3. The molecule has 1 aromatic carbocycles. The average molecular weight is 253 g/mol. The number of carbonyl (C=O) groups is 1. The topological polar surface area (TPSA) is 88.0 Å². The van der Waals surface area contributed by atoms with Gasteiger partial charge in [-0.05, 0) is 45.0 Å². The van der Waals surface area contributed by atoms with Crippen molar-refractivity contribution in [2.45, 2.75) is 26.4 Å². The highest BCUT2D eigenvalue weighted by molar-refractivity contribution is 6.33. The lowest BCUT2D eigenvalue weighted by molar-refractivity contribution is 0.0636. The molecule has 0 unspecified atom stereocenters. The largest absolute Gasteiger partial charge is 0.707 e. The Morgan fingerprint density at radius 1 is 1.22 bits per heavy atom. The van der Waals surface area contributed by atoms with E-state index in [0.717, 1.165) is 0 Å². The summed E-state index contributed by atoms with van der Waals surface area (Å²) in [7, 11) is -1.87. The number of hydrogen-bond donors (Lipinski definition) is 3. The number of anilines is 1. The van der Waals surface area contributed by atoms with E-state index in [-0.39, 0.29) is 5.75 Å². The van der Waals surface area contributed by atoms with E-state index in [1.54, 1.807) is 32.9 Å². The van der Waals surface area contributed by atoms with Crippen LogP contribution in [-0.2, 0) is 4.74 Å². The lowest BCUT2D eigenvalue weighted by atomic mass is 10.2. The summed E-state index contributed by atoms with van der Waals surface area (Å²) in [5.41, 5.74) is -0.0438. The van der Waals surface area contributed by atoms with E-state index in [2.05, 4.69) is 9.97 Å². The molecule has 98 valence electrons. The number of benzene rings is 1. The van der Waals surface area contributed by atoms with Crippen molar-refractivity contribution < 1.29 is 24.2 Å². The second kappa shape index (κ2) is 5.75. The molecule has 0 saturated heterocycles. The van der Waals surface area contributed by atoms with Gasteiger partial charge in [0.2, 0.25) is 0 Å². The minimum Gasteiger partial charge on any atom is -0.512 e. The van der Waals surface area contributed by atoms with Crippen LogP contribution in [0.15, 0.2) is 24.3 Å². The molecule has 1 rings (SSSR count). The normalized spacial score (nSPS) is 10.7. The maximum Gasteiger partial charge on any atom is 0.707 e. The van der Waals surface area contributed by atoms with Crippen molar-refractivity contribution in [1.82, 2.24) is 0 Å². The van der Waals surface area contributed by atoms with E-state index < -0.39 is 19.0 Å². The third kappa shape index (κ3) is 5.56. The molecule has 0 aromatic heterocycles. The summed E-state index contributed by atoms with van der Waals surface area (Å²) < 4.78 is 9.70. The predicted octanol–water partition coefficient (Wildman–Crippen LogP) is 1.38. The Labute approximate surface area is 106 Å². The molecule has 18 heavy (non-hydrogen) atoms. The third-order valence-corrected chi connectivity index (χ3v) is 1.74. The molecular formula is C11H16BNO5. The Kier molecular flexibility index (Phi) is 4.58. The van der Waals surface area contributed by atoms with Crippen molar-refractivity contribution in [2.24, 2.45) is 0 Å². The van der Waals surface area contributed by atoms with Gasteiger partial charge in [0.1, 0.15) is 11.4 Å². The fraction of sp³-hybridized carbons (Fsp3) is 0.364. The van der Waals surface area contributed by atoms with E-state index in [1.807, 2.05) is 0 Å². The van der Waals surface area contributed by atoms with Crippen molar-refractivity contribution in [3.63, 3.8) is 0 Å². The van der Waals surface area contributed by atoms with Crippen LogP contribution in [0.1, 0.15) is 20.8 Å². The van der Waals surface area contributed by atoms with Crippen LogP contribution in [0.5, 0.6) is 5.75 Å². The Morgan fingerprint density at radius 2 is 1.78 bits per heavy atom. The molecule has 0 radical (unpaired) electrons. The lowest BCUT2D eigenvalue weighted by Crippen LogP contribution is -2.27.